The standard InChI is InChI=1S/C32H31ClO3/c1-21-6-8-23(9-7-21)31(34)24-10-14-28(15-11-24)36-30-17-13-27(19-25(30)20-33)32(3,4)26-12-16-29(35-5)22(2)18-26/h6-19H,20H2,1-5H3. The van der Waals surface area contributed by atoms with Crippen LogP contribution in [0.2, 0.25) is 0 Å². The fourth-order valence-electron chi connectivity index (χ4n) is 4.28. The van der Waals surface area contributed by atoms with Crippen molar-refractivity contribution >= 4 is 17.4 Å². The quantitative estimate of drug-likeness (QED) is 0.181. The van der Waals surface area contributed by atoms with Gasteiger partial charge in [0.25, 0.3) is 0 Å². The van der Waals surface area contributed by atoms with Crippen LogP contribution in [-0.4, -0.2) is 12.9 Å². The number of ether oxygens (including phenoxy) is 2. The SMILES string of the molecule is COc1ccc(C(C)(C)c2ccc(Oc3ccc(C(=O)c4ccc(C)cc4)cc3)c(CCl)c2)cc1C. The Morgan fingerprint density at radius 3 is 1.89 bits per heavy atom. The second-order valence-corrected chi connectivity index (χ2v) is 9.85. The fourth-order valence-corrected chi connectivity index (χ4v) is 4.49. The highest BCUT2D eigenvalue weighted by Gasteiger charge is 2.25. The van der Waals surface area contributed by atoms with Crippen LogP contribution in [0.15, 0.2) is 84.9 Å². The lowest BCUT2D eigenvalue weighted by Crippen LogP contribution is -2.19. The zero-order valence-corrected chi connectivity index (χ0v) is 22.1. The lowest BCUT2D eigenvalue weighted by atomic mass is 9.77. The maximum Gasteiger partial charge on any atom is 0.193 e. The topological polar surface area (TPSA) is 35.5 Å². The Hall–Kier alpha value is -3.56. The van der Waals surface area contributed by atoms with E-state index in [0.717, 1.165) is 28.0 Å². The molecule has 0 radical (unpaired) electrons. The summed E-state index contributed by atoms with van der Waals surface area (Å²) in [6, 6.07) is 27.3. The zero-order chi connectivity index (χ0) is 25.9. The summed E-state index contributed by atoms with van der Waals surface area (Å²) < 4.78 is 11.6. The van der Waals surface area contributed by atoms with Gasteiger partial charge in [-0.1, -0.05) is 61.9 Å². The van der Waals surface area contributed by atoms with Crippen LogP contribution in [0, 0.1) is 13.8 Å². The van der Waals surface area contributed by atoms with Crippen molar-refractivity contribution in [2.45, 2.75) is 39.0 Å². The lowest BCUT2D eigenvalue weighted by Gasteiger charge is -2.28. The van der Waals surface area contributed by atoms with Crippen LogP contribution in [0.5, 0.6) is 17.2 Å². The molecule has 3 nitrogen and oxygen atoms in total. The van der Waals surface area contributed by atoms with Crippen LogP contribution >= 0.6 is 11.6 Å². The van der Waals surface area contributed by atoms with Gasteiger partial charge >= 0.3 is 0 Å². The van der Waals surface area contributed by atoms with E-state index in [4.69, 9.17) is 21.1 Å². The van der Waals surface area contributed by atoms with Crippen LogP contribution < -0.4 is 9.47 Å². The van der Waals surface area contributed by atoms with E-state index < -0.39 is 0 Å². The van der Waals surface area contributed by atoms with Crippen molar-refractivity contribution in [1.82, 2.24) is 0 Å². The van der Waals surface area contributed by atoms with Crippen LogP contribution in [0.1, 0.15) is 57.6 Å². The minimum atomic E-state index is -0.228. The maximum atomic E-state index is 12.8. The number of aryl methyl sites for hydroxylation is 2. The number of ketones is 1. The molecule has 0 fully saturated rings. The van der Waals surface area contributed by atoms with Crippen molar-refractivity contribution in [3.8, 4) is 17.2 Å². The van der Waals surface area contributed by atoms with E-state index >= 15 is 0 Å². The summed E-state index contributed by atoms with van der Waals surface area (Å²) in [5.74, 6) is 2.55. The van der Waals surface area contributed by atoms with Gasteiger partial charge in [-0.05, 0) is 73.0 Å². The summed E-state index contributed by atoms with van der Waals surface area (Å²) in [7, 11) is 1.69. The van der Waals surface area contributed by atoms with Crippen molar-refractivity contribution in [3.05, 3.63) is 124 Å². The number of alkyl halides is 1. The molecule has 0 heterocycles. The van der Waals surface area contributed by atoms with E-state index in [9.17, 15) is 4.79 Å². The minimum absolute atomic E-state index is 0.0108. The second kappa shape index (κ2) is 10.6. The van der Waals surface area contributed by atoms with Gasteiger partial charge in [0.15, 0.2) is 5.78 Å². The Labute approximate surface area is 218 Å². The Balaban J connectivity index is 1.55. The molecule has 0 bridgehead atoms. The van der Waals surface area contributed by atoms with Crippen molar-refractivity contribution in [1.29, 1.82) is 0 Å². The van der Waals surface area contributed by atoms with Gasteiger partial charge < -0.3 is 9.47 Å². The van der Waals surface area contributed by atoms with E-state index in [2.05, 4.69) is 45.0 Å². The van der Waals surface area contributed by atoms with Gasteiger partial charge in [-0.15, -0.1) is 11.6 Å². The minimum Gasteiger partial charge on any atom is -0.496 e. The molecule has 0 saturated heterocycles. The molecule has 0 N–H and O–H groups in total. The molecule has 0 aliphatic carbocycles. The molecule has 0 atom stereocenters. The Bertz CT molecular complexity index is 1370. The molecule has 4 rings (SSSR count). The van der Waals surface area contributed by atoms with E-state index in [1.54, 1.807) is 19.2 Å². The molecule has 0 aromatic heterocycles. The van der Waals surface area contributed by atoms with E-state index in [0.29, 0.717) is 28.5 Å². The first-order valence-electron chi connectivity index (χ1n) is 12.0. The predicted octanol–water partition coefficient (Wildman–Crippen LogP) is 8.40. The van der Waals surface area contributed by atoms with Crippen LogP contribution in [0.3, 0.4) is 0 Å². The molecular weight excluding hydrogens is 468 g/mol. The lowest BCUT2D eigenvalue weighted by molar-refractivity contribution is 0.103. The number of carbonyl (C=O) groups is 1. The average Bonchev–Trinajstić information content (AvgIpc) is 2.89. The van der Waals surface area contributed by atoms with Crippen molar-refractivity contribution in [3.63, 3.8) is 0 Å². The van der Waals surface area contributed by atoms with Gasteiger partial charge in [0.05, 0.1) is 13.0 Å². The van der Waals surface area contributed by atoms with E-state index in [-0.39, 0.29) is 11.2 Å². The van der Waals surface area contributed by atoms with Crippen LogP contribution in [-0.2, 0) is 11.3 Å². The van der Waals surface area contributed by atoms with Crippen LogP contribution in [0.25, 0.3) is 0 Å². The molecule has 0 aliphatic heterocycles. The van der Waals surface area contributed by atoms with Gasteiger partial charge in [0.2, 0.25) is 0 Å². The molecule has 184 valence electrons. The molecule has 0 aliphatic rings. The monoisotopic (exact) mass is 498 g/mol. The molecule has 4 heteroatoms. The summed E-state index contributed by atoms with van der Waals surface area (Å²) in [6.45, 7) is 8.46. The number of benzene rings is 4. The smallest absolute Gasteiger partial charge is 0.193 e. The van der Waals surface area contributed by atoms with Gasteiger partial charge in [-0.2, -0.15) is 0 Å². The van der Waals surface area contributed by atoms with Gasteiger partial charge in [0, 0.05) is 22.1 Å². The van der Waals surface area contributed by atoms with Crippen molar-refractivity contribution in [2.75, 3.05) is 7.11 Å². The molecule has 4 aromatic carbocycles. The first-order valence-corrected chi connectivity index (χ1v) is 12.5. The Kier molecular flexibility index (Phi) is 7.51. The Morgan fingerprint density at radius 2 is 1.33 bits per heavy atom. The number of hydrogen-bond donors (Lipinski definition) is 0. The van der Waals surface area contributed by atoms with Crippen molar-refractivity contribution < 1.29 is 14.3 Å². The number of carbonyl (C=O) groups excluding carboxylic acids is 1. The summed E-state index contributed by atoms with van der Waals surface area (Å²) in [5, 5.41) is 0. The number of methoxy groups -OCH3 is 1. The van der Waals surface area contributed by atoms with Gasteiger partial charge in [-0.25, -0.2) is 0 Å². The molecule has 0 saturated carbocycles. The zero-order valence-electron chi connectivity index (χ0n) is 21.4. The normalized spacial score (nSPS) is 11.3. The molecule has 36 heavy (non-hydrogen) atoms. The number of rotatable bonds is 8. The molecule has 4 aromatic rings. The fraction of sp³-hybridized carbons (Fsp3) is 0.219. The largest absolute Gasteiger partial charge is 0.496 e. The molecule has 0 amide bonds. The van der Waals surface area contributed by atoms with E-state index in [1.165, 1.54) is 5.56 Å². The Morgan fingerprint density at radius 1 is 0.778 bits per heavy atom. The summed E-state index contributed by atoms with van der Waals surface area (Å²) in [5.41, 5.74) is 6.54. The van der Waals surface area contributed by atoms with Gasteiger partial charge in [-0.3, -0.25) is 4.79 Å². The summed E-state index contributed by atoms with van der Waals surface area (Å²) in [6.07, 6.45) is 0. The summed E-state index contributed by atoms with van der Waals surface area (Å²) >= 11 is 6.34. The number of hydrogen-bond acceptors (Lipinski definition) is 3. The third-order valence-electron chi connectivity index (χ3n) is 6.70. The first-order chi connectivity index (χ1) is 17.2. The molecule has 0 unspecified atom stereocenters. The highest BCUT2D eigenvalue weighted by molar-refractivity contribution is 6.17. The highest BCUT2D eigenvalue weighted by Crippen LogP contribution is 2.37. The first kappa shape index (κ1) is 25.5. The van der Waals surface area contributed by atoms with Gasteiger partial charge in [0.1, 0.15) is 17.2 Å². The van der Waals surface area contributed by atoms with E-state index in [1.807, 2.05) is 55.5 Å². The maximum absolute atomic E-state index is 12.8. The third kappa shape index (κ3) is 5.32. The predicted molar refractivity (Wildman–Crippen MR) is 147 cm³/mol. The third-order valence-corrected chi connectivity index (χ3v) is 6.99. The molecular formula is C32H31ClO3. The average molecular weight is 499 g/mol. The second-order valence-electron chi connectivity index (χ2n) is 9.59. The number of halogens is 1. The van der Waals surface area contributed by atoms with Crippen LogP contribution in [0.4, 0.5) is 0 Å². The van der Waals surface area contributed by atoms with Crippen molar-refractivity contribution in [2.24, 2.45) is 0 Å². The summed E-state index contributed by atoms with van der Waals surface area (Å²) in [4.78, 5) is 12.8. The molecule has 0 spiro atoms. The highest BCUT2D eigenvalue weighted by atomic mass is 35.5.